The smallest absolute Gasteiger partial charge is 0.0966 e. The zero-order valence-electron chi connectivity index (χ0n) is 6.21. The SMILES string of the molecule is N#CCC#Cc1cnccc1Cl. The molecular formula is C9H5ClN2. The van der Waals surface area contributed by atoms with E-state index in [4.69, 9.17) is 16.9 Å². The summed E-state index contributed by atoms with van der Waals surface area (Å²) in [5.74, 6) is 5.40. The van der Waals surface area contributed by atoms with Gasteiger partial charge in [0.1, 0.15) is 0 Å². The van der Waals surface area contributed by atoms with Gasteiger partial charge in [0.05, 0.1) is 23.1 Å². The molecule has 0 aliphatic heterocycles. The average molecular weight is 177 g/mol. The lowest BCUT2D eigenvalue weighted by Gasteiger charge is -1.90. The van der Waals surface area contributed by atoms with Gasteiger partial charge in [-0.25, -0.2) is 0 Å². The van der Waals surface area contributed by atoms with Crippen LogP contribution < -0.4 is 0 Å². The third-order valence-electron chi connectivity index (χ3n) is 1.16. The molecular weight excluding hydrogens is 172 g/mol. The summed E-state index contributed by atoms with van der Waals surface area (Å²) in [6.45, 7) is 0. The molecule has 0 saturated carbocycles. The van der Waals surface area contributed by atoms with Crippen molar-refractivity contribution in [3.63, 3.8) is 0 Å². The van der Waals surface area contributed by atoms with Crippen molar-refractivity contribution in [2.45, 2.75) is 6.42 Å². The number of nitriles is 1. The number of rotatable bonds is 0. The third-order valence-corrected chi connectivity index (χ3v) is 1.49. The summed E-state index contributed by atoms with van der Waals surface area (Å²) in [5, 5.41) is 8.78. The first kappa shape index (κ1) is 8.59. The van der Waals surface area contributed by atoms with E-state index in [-0.39, 0.29) is 6.42 Å². The van der Waals surface area contributed by atoms with Crippen LogP contribution in [0.1, 0.15) is 12.0 Å². The summed E-state index contributed by atoms with van der Waals surface area (Å²) in [4.78, 5) is 3.85. The van der Waals surface area contributed by atoms with Crippen molar-refractivity contribution >= 4 is 11.6 Å². The van der Waals surface area contributed by atoms with Gasteiger partial charge >= 0.3 is 0 Å². The molecule has 2 nitrogen and oxygen atoms in total. The van der Waals surface area contributed by atoms with E-state index in [9.17, 15) is 0 Å². The first-order valence-electron chi connectivity index (χ1n) is 3.30. The summed E-state index contributed by atoms with van der Waals surface area (Å²) < 4.78 is 0. The lowest BCUT2D eigenvalue weighted by molar-refractivity contribution is 1.31. The number of pyridine rings is 1. The second-order valence-electron chi connectivity index (χ2n) is 1.99. The number of hydrogen-bond donors (Lipinski definition) is 0. The fourth-order valence-electron chi connectivity index (χ4n) is 0.648. The molecule has 0 bridgehead atoms. The minimum absolute atomic E-state index is 0.214. The largest absolute Gasteiger partial charge is 0.263 e. The fourth-order valence-corrected chi connectivity index (χ4v) is 0.801. The van der Waals surface area contributed by atoms with Crippen molar-refractivity contribution in [3.8, 4) is 17.9 Å². The number of nitrogens with zero attached hydrogens (tertiary/aromatic N) is 2. The molecule has 0 N–H and O–H groups in total. The van der Waals surface area contributed by atoms with E-state index < -0.39 is 0 Å². The van der Waals surface area contributed by atoms with Gasteiger partial charge in [0.15, 0.2) is 0 Å². The molecule has 1 aromatic heterocycles. The molecule has 0 fully saturated rings. The average Bonchev–Trinajstić information content (AvgIpc) is 2.09. The van der Waals surface area contributed by atoms with E-state index in [0.717, 1.165) is 0 Å². The molecule has 0 aromatic carbocycles. The quantitative estimate of drug-likeness (QED) is 0.567. The van der Waals surface area contributed by atoms with Crippen LogP contribution in [0.4, 0.5) is 0 Å². The Labute approximate surface area is 75.8 Å². The maximum atomic E-state index is 8.21. The lowest BCUT2D eigenvalue weighted by Crippen LogP contribution is -1.78. The van der Waals surface area contributed by atoms with Gasteiger partial charge in [-0.3, -0.25) is 4.98 Å². The van der Waals surface area contributed by atoms with Gasteiger partial charge in [-0.15, -0.1) is 0 Å². The minimum Gasteiger partial charge on any atom is -0.263 e. The maximum Gasteiger partial charge on any atom is 0.0966 e. The Hall–Kier alpha value is -1.51. The van der Waals surface area contributed by atoms with Crippen LogP contribution in [-0.4, -0.2) is 4.98 Å². The molecule has 3 heteroatoms. The Morgan fingerprint density at radius 1 is 1.58 bits per heavy atom. The van der Waals surface area contributed by atoms with Gasteiger partial charge in [-0.2, -0.15) is 5.26 Å². The molecule has 0 atom stereocenters. The van der Waals surface area contributed by atoms with Gasteiger partial charge in [0, 0.05) is 12.4 Å². The van der Waals surface area contributed by atoms with E-state index >= 15 is 0 Å². The Kier molecular flexibility index (Phi) is 3.14. The van der Waals surface area contributed by atoms with Crippen LogP contribution in [-0.2, 0) is 0 Å². The first-order valence-corrected chi connectivity index (χ1v) is 3.67. The molecule has 0 unspecified atom stereocenters. The van der Waals surface area contributed by atoms with E-state index in [1.807, 2.05) is 6.07 Å². The van der Waals surface area contributed by atoms with Crippen LogP contribution in [0.25, 0.3) is 0 Å². The topological polar surface area (TPSA) is 36.7 Å². The Morgan fingerprint density at radius 3 is 3.08 bits per heavy atom. The summed E-state index contributed by atoms with van der Waals surface area (Å²) >= 11 is 5.78. The lowest BCUT2D eigenvalue weighted by atomic mass is 10.3. The third kappa shape index (κ3) is 2.27. The number of aromatic nitrogens is 1. The van der Waals surface area contributed by atoms with Gasteiger partial charge in [-0.1, -0.05) is 23.4 Å². The first-order chi connectivity index (χ1) is 5.84. The van der Waals surface area contributed by atoms with E-state index in [1.54, 1.807) is 18.5 Å². The van der Waals surface area contributed by atoms with Crippen molar-refractivity contribution in [2.24, 2.45) is 0 Å². The summed E-state index contributed by atoms with van der Waals surface area (Å²) in [6.07, 6.45) is 3.38. The van der Waals surface area contributed by atoms with Gasteiger partial charge in [0.2, 0.25) is 0 Å². The summed E-state index contributed by atoms with van der Waals surface area (Å²) in [7, 11) is 0. The van der Waals surface area contributed by atoms with Crippen LogP contribution >= 0.6 is 11.6 Å². The Morgan fingerprint density at radius 2 is 2.42 bits per heavy atom. The molecule has 0 aliphatic carbocycles. The highest BCUT2D eigenvalue weighted by molar-refractivity contribution is 6.31. The predicted molar refractivity (Wildman–Crippen MR) is 46.4 cm³/mol. The van der Waals surface area contributed by atoms with Crippen LogP contribution in [0.3, 0.4) is 0 Å². The van der Waals surface area contributed by atoms with Crippen molar-refractivity contribution in [2.75, 3.05) is 0 Å². The predicted octanol–water partition coefficient (Wildman–Crippen LogP) is 2.00. The number of hydrogen-bond acceptors (Lipinski definition) is 2. The molecule has 12 heavy (non-hydrogen) atoms. The maximum absolute atomic E-state index is 8.21. The zero-order chi connectivity index (χ0) is 8.81. The Balaban J connectivity index is 2.86. The van der Waals surface area contributed by atoms with Gasteiger partial charge < -0.3 is 0 Å². The molecule has 1 aromatic rings. The van der Waals surface area contributed by atoms with E-state index in [1.165, 1.54) is 0 Å². The highest BCUT2D eigenvalue weighted by atomic mass is 35.5. The van der Waals surface area contributed by atoms with Crippen LogP contribution in [0.2, 0.25) is 5.02 Å². The van der Waals surface area contributed by atoms with Gasteiger partial charge in [-0.05, 0) is 6.07 Å². The van der Waals surface area contributed by atoms with Crippen molar-refractivity contribution in [1.82, 2.24) is 4.98 Å². The standard InChI is InChI=1S/C9H5ClN2/c10-9-4-6-12-7-8(9)3-1-2-5-11/h4,6-7H,2H2. The van der Waals surface area contributed by atoms with Gasteiger partial charge in [0.25, 0.3) is 0 Å². The number of halogens is 1. The van der Waals surface area contributed by atoms with E-state index in [2.05, 4.69) is 16.8 Å². The molecule has 1 rings (SSSR count). The molecule has 0 amide bonds. The molecule has 0 saturated heterocycles. The molecule has 0 aliphatic rings. The highest BCUT2D eigenvalue weighted by Gasteiger charge is 1.92. The second kappa shape index (κ2) is 4.38. The van der Waals surface area contributed by atoms with Crippen molar-refractivity contribution < 1.29 is 0 Å². The van der Waals surface area contributed by atoms with Crippen molar-refractivity contribution in [1.29, 1.82) is 5.26 Å². The summed E-state index contributed by atoms with van der Waals surface area (Å²) in [5.41, 5.74) is 0.661. The molecule has 1 heterocycles. The molecule has 58 valence electrons. The van der Waals surface area contributed by atoms with Crippen LogP contribution in [0.5, 0.6) is 0 Å². The molecule has 0 radical (unpaired) electrons. The minimum atomic E-state index is 0.214. The normalized spacial score (nSPS) is 8.00. The molecule has 0 spiro atoms. The van der Waals surface area contributed by atoms with E-state index in [0.29, 0.717) is 10.6 Å². The van der Waals surface area contributed by atoms with Crippen molar-refractivity contribution in [3.05, 3.63) is 29.0 Å². The van der Waals surface area contributed by atoms with Crippen LogP contribution in [0.15, 0.2) is 18.5 Å². The summed E-state index contributed by atoms with van der Waals surface area (Å²) in [6, 6.07) is 3.58. The van der Waals surface area contributed by atoms with Crippen LogP contribution in [0, 0.1) is 23.2 Å². The fraction of sp³-hybridized carbons (Fsp3) is 0.111. The Bertz CT molecular complexity index is 368. The highest BCUT2D eigenvalue weighted by Crippen LogP contribution is 2.11. The monoisotopic (exact) mass is 176 g/mol. The zero-order valence-corrected chi connectivity index (χ0v) is 6.97. The second-order valence-corrected chi connectivity index (χ2v) is 2.40.